The predicted octanol–water partition coefficient (Wildman–Crippen LogP) is -1.53. The van der Waals surface area contributed by atoms with E-state index in [0.29, 0.717) is 0 Å². The maximum absolute atomic E-state index is 2.72. The van der Waals surface area contributed by atoms with E-state index in [1.54, 1.807) is 0 Å². The molecule has 0 saturated carbocycles. The Bertz CT molecular complexity index is 61.5. The molecule has 0 bridgehead atoms. The minimum absolute atomic E-state index is 1.19. The third-order valence-corrected chi connectivity index (χ3v) is 0. The predicted molar refractivity (Wildman–Crippen MR) is 23.0 cm³/mol. The van der Waals surface area contributed by atoms with Crippen molar-refractivity contribution < 1.29 is 19.8 Å². The van der Waals surface area contributed by atoms with Crippen molar-refractivity contribution in [2.75, 3.05) is 0 Å². The van der Waals surface area contributed by atoms with Crippen LogP contribution in [0.3, 0.4) is 0 Å². The van der Waals surface area contributed by atoms with E-state index in [1.165, 1.54) is 19.8 Å². The number of rotatable bonds is 0. The first kappa shape index (κ1) is 11.8. The van der Waals surface area contributed by atoms with E-state index in [9.17, 15) is 0 Å². The molecule has 0 saturated heterocycles. The maximum atomic E-state index is 2.72. The molecular weight excluding hydrogens is 433 g/mol. The molecule has 0 unspecified atom stereocenters. The molecule has 0 aliphatic heterocycles. The monoisotopic (exact) mass is 437 g/mol. The van der Waals surface area contributed by atoms with Gasteiger partial charge in [0.2, 0.25) is 0 Å². The van der Waals surface area contributed by atoms with Crippen molar-refractivity contribution in [3.8, 4) is 0 Å². The Balaban J connectivity index is 0. The van der Waals surface area contributed by atoms with Gasteiger partial charge in [0.25, 0.3) is 0 Å². The van der Waals surface area contributed by atoms with Gasteiger partial charge in [-0.05, 0) is 0 Å². The van der Waals surface area contributed by atoms with Crippen LogP contribution in [0.2, 0.25) is 0 Å². The third kappa shape index (κ3) is 27.6. The second kappa shape index (κ2) is 15.7. The van der Waals surface area contributed by atoms with Gasteiger partial charge in [-0.15, -0.1) is 0 Å². The Morgan fingerprint density at radius 3 is 1.17 bits per heavy atom. The van der Waals surface area contributed by atoms with Crippen molar-refractivity contribution in [3.63, 3.8) is 0 Å². The molecule has 0 atom stereocenters. The van der Waals surface area contributed by atoms with Crippen LogP contribution in [0.15, 0.2) is 0 Å². The summed E-state index contributed by atoms with van der Waals surface area (Å²) in [5.41, 5.74) is 0. The fraction of sp³-hybridized carbons (Fsp3) is 0. The van der Waals surface area contributed by atoms with Crippen LogP contribution in [0.1, 0.15) is 0 Å². The van der Waals surface area contributed by atoms with Gasteiger partial charge in [-0.2, -0.15) is 0 Å². The van der Waals surface area contributed by atoms with E-state index in [2.05, 4.69) is 55.0 Å². The van der Waals surface area contributed by atoms with Crippen LogP contribution in [0.4, 0.5) is 0 Å². The molecule has 0 aliphatic carbocycles. The summed E-state index contributed by atoms with van der Waals surface area (Å²) in [5.74, 6) is 0. The summed E-state index contributed by atoms with van der Waals surface area (Å²) in [7, 11) is 2.56. The van der Waals surface area contributed by atoms with Crippen LogP contribution in [0, 0.1) is 0 Å². The van der Waals surface area contributed by atoms with Gasteiger partial charge >= 0.3 is 74.8 Å². The molecule has 0 aromatic carbocycles. The van der Waals surface area contributed by atoms with Crippen LogP contribution in [-0.4, -0.2) is 55.0 Å². The molecule has 0 heterocycles. The van der Waals surface area contributed by atoms with Gasteiger partial charge in [0.1, 0.15) is 0 Å². The molecule has 43 valence electrons. The fourth-order valence-corrected chi connectivity index (χ4v) is 0. The normalized spacial score (nSPS) is 6.00. The van der Waals surface area contributed by atoms with E-state index < -0.39 is 0 Å². The summed E-state index contributed by atoms with van der Waals surface area (Å²) in [4.78, 5) is 0. The Kier molecular flexibility index (Phi) is 30.9. The third-order valence-electron chi connectivity index (χ3n) is 0. The molecule has 6 heavy (non-hydrogen) atoms. The van der Waals surface area contributed by atoms with Crippen molar-refractivity contribution >= 4 is 55.0 Å². The molecule has 0 fully saturated rings. The molecule has 0 nitrogen and oxygen atoms in total. The Morgan fingerprint density at radius 2 is 1.17 bits per heavy atom. The van der Waals surface area contributed by atoms with E-state index in [1.807, 2.05) is 0 Å². The van der Waals surface area contributed by atoms with Gasteiger partial charge in [-0.3, -0.25) is 0 Å². The first-order chi connectivity index (χ1) is 2.83. The van der Waals surface area contributed by atoms with Crippen LogP contribution >= 0.6 is 0 Å². The summed E-state index contributed by atoms with van der Waals surface area (Å²) in [6, 6.07) is 0. The van der Waals surface area contributed by atoms with Gasteiger partial charge in [-0.25, -0.2) is 0 Å². The average Bonchev–Trinajstić information content (AvgIpc) is 1.39. The van der Waals surface area contributed by atoms with Gasteiger partial charge in [0.05, 0.1) is 0 Å². The van der Waals surface area contributed by atoms with E-state index in [0.717, 1.165) is 0 Å². The second-order valence-corrected chi connectivity index (χ2v) is 12.1. The summed E-state index contributed by atoms with van der Waals surface area (Å²) < 4.78 is 0. The molecule has 0 N–H and O–H groups in total. The van der Waals surface area contributed by atoms with Crippen molar-refractivity contribution in [1.29, 1.82) is 0 Å². The first-order valence-corrected chi connectivity index (χ1v) is 11.4. The quantitative estimate of drug-likeness (QED) is 0.407. The van der Waals surface area contributed by atoms with E-state index in [4.69, 9.17) is 0 Å². The molecule has 0 radical (unpaired) electrons. The Labute approximate surface area is 73.4 Å². The van der Waals surface area contributed by atoms with Gasteiger partial charge < -0.3 is 0 Å². The van der Waals surface area contributed by atoms with E-state index in [-0.39, 0.29) is 0 Å². The average molecular weight is 433 g/mol. The topological polar surface area (TPSA) is 0 Å². The zero-order valence-corrected chi connectivity index (χ0v) is 11.2. The Morgan fingerprint density at radius 1 is 1.17 bits per heavy atom. The fourth-order valence-electron chi connectivity index (χ4n) is 0. The molecule has 0 spiro atoms. The standard InChI is InChI=1S/Co.Ni.4Se. The molecule has 0 rings (SSSR count). The molecule has 0 aromatic heterocycles. The zero-order valence-electron chi connectivity index (χ0n) is 2.28. The van der Waals surface area contributed by atoms with Crippen LogP contribution < -0.4 is 0 Å². The molecule has 6 heteroatoms. The van der Waals surface area contributed by atoms with Gasteiger partial charge in [0, 0.05) is 0 Å². The van der Waals surface area contributed by atoms with Crippen molar-refractivity contribution in [3.05, 3.63) is 0 Å². The summed E-state index contributed by atoms with van der Waals surface area (Å²) >= 11 is 10.8. The second-order valence-electron chi connectivity index (χ2n) is 0.108. The number of hydrogen-bond donors (Lipinski definition) is 0. The zero-order chi connectivity index (χ0) is 5.41. The Hall–Kier alpha value is 3.08. The van der Waals surface area contributed by atoms with Crippen LogP contribution in [0.5, 0.6) is 0 Å². The summed E-state index contributed by atoms with van der Waals surface area (Å²) in [6.45, 7) is 0. The first-order valence-electron chi connectivity index (χ1n) is 0.530. The van der Waals surface area contributed by atoms with E-state index >= 15 is 0 Å². The summed E-state index contributed by atoms with van der Waals surface area (Å²) in [6.07, 6.45) is 0. The van der Waals surface area contributed by atoms with Crippen molar-refractivity contribution in [1.82, 2.24) is 0 Å². The minimum atomic E-state index is 1.19. The SMILES string of the molecule is [Se]=[Co]=[Se].[Se]=[Ni]=[Se]. The molecular formula is CoNiSe4. The number of hydrogen-bond acceptors (Lipinski definition) is 0. The van der Waals surface area contributed by atoms with Gasteiger partial charge in [-0.1, -0.05) is 0 Å². The molecule has 0 aliphatic rings. The molecule has 0 amide bonds. The van der Waals surface area contributed by atoms with Crippen molar-refractivity contribution in [2.24, 2.45) is 0 Å². The van der Waals surface area contributed by atoms with Gasteiger partial charge in [0.15, 0.2) is 0 Å². The van der Waals surface area contributed by atoms with Crippen molar-refractivity contribution in [2.45, 2.75) is 0 Å². The van der Waals surface area contributed by atoms with Crippen LogP contribution in [0.25, 0.3) is 0 Å². The molecule has 0 aromatic rings. The summed E-state index contributed by atoms with van der Waals surface area (Å²) in [5, 5.41) is 0. The van der Waals surface area contributed by atoms with Crippen LogP contribution in [-0.2, 0) is 19.8 Å².